The maximum Gasteiger partial charge on any atom is 0.254 e. The molecule has 0 spiro atoms. The standard InChI is InChI=1S/C24H29N3O6S/c1-18-2-4-20(15-21(18)24(28)26-10-12-31-13-11-26)34(29,30)27-8-6-25(7-9-27)16-19-3-5-22-23(14-19)33-17-32-22/h2-5,14-15H,6-13,16-17H2,1H3. The SMILES string of the molecule is Cc1ccc(S(=O)(=O)N2CCN(Cc3ccc4c(c3)OCO4)CC2)cc1C(=O)N1CCOCC1. The molecule has 0 radical (unpaired) electrons. The molecule has 2 aromatic carbocycles. The molecule has 3 aliphatic rings. The maximum atomic E-state index is 13.4. The van der Waals surface area contributed by atoms with Crippen molar-refractivity contribution in [3.05, 3.63) is 53.1 Å². The van der Waals surface area contributed by atoms with Crippen molar-refractivity contribution in [1.29, 1.82) is 0 Å². The second-order valence-corrected chi connectivity index (χ2v) is 10.7. The van der Waals surface area contributed by atoms with Gasteiger partial charge in [-0.1, -0.05) is 12.1 Å². The van der Waals surface area contributed by atoms with Gasteiger partial charge in [-0.3, -0.25) is 9.69 Å². The molecule has 182 valence electrons. The average molecular weight is 488 g/mol. The Morgan fingerprint density at radius 2 is 1.65 bits per heavy atom. The summed E-state index contributed by atoms with van der Waals surface area (Å²) in [6, 6.07) is 10.7. The molecule has 0 saturated carbocycles. The lowest BCUT2D eigenvalue weighted by Gasteiger charge is -2.34. The van der Waals surface area contributed by atoms with E-state index in [4.69, 9.17) is 14.2 Å². The van der Waals surface area contributed by atoms with Gasteiger partial charge < -0.3 is 19.1 Å². The Morgan fingerprint density at radius 3 is 2.41 bits per heavy atom. The number of sulfonamides is 1. The molecule has 2 fully saturated rings. The maximum absolute atomic E-state index is 13.4. The highest BCUT2D eigenvalue weighted by Crippen LogP contribution is 2.33. The minimum atomic E-state index is -3.70. The van der Waals surface area contributed by atoms with Gasteiger partial charge in [0.25, 0.3) is 5.91 Å². The number of piperazine rings is 1. The minimum absolute atomic E-state index is 0.147. The molecule has 9 nitrogen and oxygen atoms in total. The zero-order valence-corrected chi connectivity index (χ0v) is 20.1. The zero-order valence-electron chi connectivity index (χ0n) is 19.2. The topological polar surface area (TPSA) is 88.6 Å². The quantitative estimate of drug-likeness (QED) is 0.634. The van der Waals surface area contributed by atoms with Gasteiger partial charge in [0, 0.05) is 51.4 Å². The van der Waals surface area contributed by atoms with Crippen LogP contribution < -0.4 is 9.47 Å². The zero-order chi connectivity index (χ0) is 23.7. The van der Waals surface area contributed by atoms with Crippen molar-refractivity contribution in [2.45, 2.75) is 18.4 Å². The Hall–Kier alpha value is -2.66. The van der Waals surface area contributed by atoms with Gasteiger partial charge in [0.2, 0.25) is 16.8 Å². The van der Waals surface area contributed by atoms with Gasteiger partial charge >= 0.3 is 0 Å². The second-order valence-electron chi connectivity index (χ2n) is 8.75. The van der Waals surface area contributed by atoms with Crippen molar-refractivity contribution in [3.63, 3.8) is 0 Å². The molecule has 2 aromatic rings. The summed E-state index contributed by atoms with van der Waals surface area (Å²) in [7, 11) is -3.70. The fourth-order valence-electron chi connectivity index (χ4n) is 4.50. The number of hydrogen-bond acceptors (Lipinski definition) is 7. The van der Waals surface area contributed by atoms with Crippen molar-refractivity contribution >= 4 is 15.9 Å². The monoisotopic (exact) mass is 487 g/mol. The summed E-state index contributed by atoms with van der Waals surface area (Å²) in [4.78, 5) is 17.1. The highest BCUT2D eigenvalue weighted by molar-refractivity contribution is 7.89. The van der Waals surface area contributed by atoms with E-state index in [9.17, 15) is 13.2 Å². The van der Waals surface area contributed by atoms with Crippen LogP contribution in [0, 0.1) is 6.92 Å². The summed E-state index contributed by atoms with van der Waals surface area (Å²) in [6.45, 7) is 6.86. The van der Waals surface area contributed by atoms with Crippen LogP contribution in [0.5, 0.6) is 11.5 Å². The van der Waals surface area contributed by atoms with E-state index in [-0.39, 0.29) is 17.6 Å². The summed E-state index contributed by atoms with van der Waals surface area (Å²) in [5.41, 5.74) is 2.30. The third-order valence-corrected chi connectivity index (χ3v) is 8.44. The molecule has 5 rings (SSSR count). The molecule has 0 aliphatic carbocycles. The number of ether oxygens (including phenoxy) is 3. The number of carbonyl (C=O) groups is 1. The first kappa shape index (κ1) is 23.1. The van der Waals surface area contributed by atoms with Crippen LogP contribution in [0.1, 0.15) is 21.5 Å². The van der Waals surface area contributed by atoms with Gasteiger partial charge in [-0.05, 0) is 42.3 Å². The van der Waals surface area contributed by atoms with E-state index in [1.807, 2.05) is 25.1 Å². The Kier molecular flexibility index (Phi) is 6.48. The van der Waals surface area contributed by atoms with Gasteiger partial charge in [0.1, 0.15) is 0 Å². The van der Waals surface area contributed by atoms with E-state index < -0.39 is 10.0 Å². The molecule has 0 N–H and O–H groups in total. The van der Waals surface area contributed by atoms with Crippen LogP contribution in [0.15, 0.2) is 41.3 Å². The van der Waals surface area contributed by atoms with Crippen molar-refractivity contribution in [2.24, 2.45) is 0 Å². The molecule has 34 heavy (non-hydrogen) atoms. The summed E-state index contributed by atoms with van der Waals surface area (Å²) in [6.07, 6.45) is 0. The first-order valence-electron chi connectivity index (χ1n) is 11.5. The lowest BCUT2D eigenvalue weighted by atomic mass is 10.1. The minimum Gasteiger partial charge on any atom is -0.454 e. The fourth-order valence-corrected chi connectivity index (χ4v) is 5.95. The van der Waals surface area contributed by atoms with Crippen LogP contribution >= 0.6 is 0 Å². The third-order valence-electron chi connectivity index (χ3n) is 6.55. The highest BCUT2D eigenvalue weighted by atomic mass is 32.2. The Morgan fingerprint density at radius 1 is 0.912 bits per heavy atom. The summed E-state index contributed by atoms with van der Waals surface area (Å²) in [5.74, 6) is 1.36. The number of hydrogen-bond donors (Lipinski definition) is 0. The van der Waals surface area contributed by atoms with Crippen LogP contribution in [0.4, 0.5) is 0 Å². The smallest absolute Gasteiger partial charge is 0.254 e. The van der Waals surface area contributed by atoms with Crippen LogP contribution in [-0.2, 0) is 21.3 Å². The molecule has 0 atom stereocenters. The summed E-state index contributed by atoms with van der Waals surface area (Å²) < 4.78 is 44.4. The average Bonchev–Trinajstić information content (AvgIpc) is 3.33. The molecule has 10 heteroatoms. The number of carbonyl (C=O) groups excluding carboxylic acids is 1. The second kappa shape index (κ2) is 9.53. The van der Waals surface area contributed by atoms with Crippen LogP contribution in [0.3, 0.4) is 0 Å². The van der Waals surface area contributed by atoms with E-state index in [0.29, 0.717) is 64.6 Å². The summed E-state index contributed by atoms with van der Waals surface area (Å²) in [5, 5.41) is 0. The van der Waals surface area contributed by atoms with Crippen molar-refractivity contribution in [2.75, 3.05) is 59.3 Å². The van der Waals surface area contributed by atoms with E-state index in [0.717, 1.165) is 22.6 Å². The van der Waals surface area contributed by atoms with Gasteiger partial charge in [0.05, 0.1) is 18.1 Å². The van der Waals surface area contributed by atoms with Gasteiger partial charge in [0.15, 0.2) is 11.5 Å². The Labute approximate surface area is 199 Å². The van der Waals surface area contributed by atoms with Crippen molar-refractivity contribution < 1.29 is 27.4 Å². The van der Waals surface area contributed by atoms with Gasteiger partial charge in [-0.25, -0.2) is 8.42 Å². The number of aryl methyl sites for hydroxylation is 1. The van der Waals surface area contributed by atoms with E-state index in [2.05, 4.69) is 4.90 Å². The van der Waals surface area contributed by atoms with Gasteiger partial charge in [-0.2, -0.15) is 4.31 Å². The number of rotatable bonds is 5. The predicted octanol–water partition coefficient (Wildman–Crippen LogP) is 1.70. The molecule has 0 aromatic heterocycles. The lowest BCUT2D eigenvalue weighted by molar-refractivity contribution is 0.0302. The highest BCUT2D eigenvalue weighted by Gasteiger charge is 2.30. The lowest BCUT2D eigenvalue weighted by Crippen LogP contribution is -2.48. The number of amides is 1. The number of morpholine rings is 1. The summed E-state index contributed by atoms with van der Waals surface area (Å²) >= 11 is 0. The van der Waals surface area contributed by atoms with Crippen LogP contribution in [-0.4, -0.2) is 87.7 Å². The normalized spacial score (nSPS) is 19.4. The first-order chi connectivity index (χ1) is 16.4. The molecule has 3 heterocycles. The molecular formula is C24H29N3O6S. The van der Waals surface area contributed by atoms with Crippen LogP contribution in [0.2, 0.25) is 0 Å². The molecule has 0 unspecified atom stereocenters. The molecule has 3 aliphatic heterocycles. The molecule has 2 saturated heterocycles. The van der Waals surface area contributed by atoms with Crippen LogP contribution in [0.25, 0.3) is 0 Å². The van der Waals surface area contributed by atoms with Crippen molar-refractivity contribution in [1.82, 2.24) is 14.1 Å². The molecular weight excluding hydrogens is 458 g/mol. The number of benzene rings is 2. The van der Waals surface area contributed by atoms with Crippen molar-refractivity contribution in [3.8, 4) is 11.5 Å². The Balaban J connectivity index is 1.25. The largest absolute Gasteiger partial charge is 0.454 e. The third kappa shape index (κ3) is 4.63. The number of fused-ring (bicyclic) bond motifs is 1. The Bertz CT molecular complexity index is 1170. The van der Waals surface area contributed by atoms with E-state index in [1.54, 1.807) is 17.0 Å². The fraction of sp³-hybridized carbons (Fsp3) is 0.458. The van der Waals surface area contributed by atoms with E-state index in [1.165, 1.54) is 10.4 Å². The van der Waals surface area contributed by atoms with E-state index >= 15 is 0 Å². The predicted molar refractivity (Wildman–Crippen MR) is 125 cm³/mol. The first-order valence-corrected chi connectivity index (χ1v) is 12.9. The van der Waals surface area contributed by atoms with Gasteiger partial charge in [-0.15, -0.1) is 0 Å². The molecule has 0 bridgehead atoms. The molecule has 1 amide bonds. The number of nitrogens with zero attached hydrogens (tertiary/aromatic N) is 3.